The maximum atomic E-state index is 2.41. The lowest BCUT2D eigenvalue weighted by molar-refractivity contribution is 0.660. The van der Waals surface area contributed by atoms with E-state index in [1.165, 1.54) is 97.7 Å². The number of benzene rings is 10. The third-order valence-corrected chi connectivity index (χ3v) is 14.4. The van der Waals surface area contributed by atoms with Crippen molar-refractivity contribution in [2.24, 2.45) is 0 Å². The Labute approximate surface area is 372 Å². The standard InChI is InChI=1S/C61H43NS/c1-61(2)57-19-7-5-16-53(57)54-35-27-45(38-58(54)61)41-23-31-49(32-24-41)62(50-33-25-42(26-34-50)46-28-36-56-55-17-6-8-20-59(55)63-60(56)39-46)48-29-21-40(22-30-48)44-13-9-14-47(37-44)52-18-10-12-43-11-3-4-15-51(43)52/h3-39H,1-2H3. The van der Waals surface area contributed by atoms with Gasteiger partial charge in [0.2, 0.25) is 0 Å². The highest BCUT2D eigenvalue weighted by atomic mass is 32.1. The molecular weight excluding hydrogens is 779 g/mol. The summed E-state index contributed by atoms with van der Waals surface area (Å²) >= 11 is 1.87. The SMILES string of the molecule is CC1(C)c2ccccc2-c2ccc(-c3ccc(N(c4ccc(-c5cccc(-c6cccc7ccccc67)c5)cc4)c4ccc(-c5ccc6c(c5)sc5ccccc56)cc4)cc3)cc21. The van der Waals surface area contributed by atoms with Crippen LogP contribution in [0.3, 0.4) is 0 Å². The Kier molecular flexibility index (Phi) is 8.77. The van der Waals surface area contributed by atoms with Crippen molar-refractivity contribution in [3.63, 3.8) is 0 Å². The van der Waals surface area contributed by atoms with E-state index < -0.39 is 0 Å². The number of hydrogen-bond acceptors (Lipinski definition) is 2. The molecule has 0 amide bonds. The largest absolute Gasteiger partial charge is 0.311 e. The van der Waals surface area contributed by atoms with Crippen molar-refractivity contribution in [1.82, 2.24) is 0 Å². The third-order valence-electron chi connectivity index (χ3n) is 13.3. The molecule has 0 fully saturated rings. The molecule has 0 radical (unpaired) electrons. The summed E-state index contributed by atoms with van der Waals surface area (Å²) < 4.78 is 2.65. The van der Waals surface area contributed by atoms with Gasteiger partial charge >= 0.3 is 0 Å². The Morgan fingerprint density at radius 1 is 0.317 bits per heavy atom. The molecule has 1 aromatic heterocycles. The van der Waals surface area contributed by atoms with Gasteiger partial charge in [-0.15, -0.1) is 11.3 Å². The zero-order valence-corrected chi connectivity index (χ0v) is 36.0. The molecule has 1 aliphatic rings. The summed E-state index contributed by atoms with van der Waals surface area (Å²) in [7, 11) is 0. The molecule has 2 heteroatoms. The van der Waals surface area contributed by atoms with Gasteiger partial charge in [-0.05, 0) is 138 Å². The zero-order valence-electron chi connectivity index (χ0n) is 35.2. The molecule has 0 saturated carbocycles. The summed E-state index contributed by atoms with van der Waals surface area (Å²) in [4.78, 5) is 2.38. The topological polar surface area (TPSA) is 3.24 Å². The maximum absolute atomic E-state index is 2.41. The van der Waals surface area contributed by atoms with E-state index in [0.29, 0.717) is 0 Å². The molecule has 0 bridgehead atoms. The van der Waals surface area contributed by atoms with Crippen LogP contribution < -0.4 is 4.90 Å². The first-order chi connectivity index (χ1) is 31.0. The Bertz CT molecular complexity index is 3510. The Morgan fingerprint density at radius 3 is 1.54 bits per heavy atom. The van der Waals surface area contributed by atoms with Crippen LogP contribution in [-0.4, -0.2) is 0 Å². The van der Waals surface area contributed by atoms with Gasteiger partial charge in [0.05, 0.1) is 0 Å². The predicted octanol–water partition coefficient (Wildman–Crippen LogP) is 17.7. The maximum Gasteiger partial charge on any atom is 0.0462 e. The zero-order chi connectivity index (χ0) is 42.1. The Hall–Kier alpha value is -7.52. The van der Waals surface area contributed by atoms with E-state index in [1.807, 2.05) is 11.3 Å². The Morgan fingerprint density at radius 2 is 0.810 bits per heavy atom. The molecule has 0 saturated heterocycles. The number of anilines is 3. The fraction of sp³-hybridized carbons (Fsp3) is 0.0492. The lowest BCUT2D eigenvalue weighted by atomic mass is 9.81. The summed E-state index contributed by atoms with van der Waals surface area (Å²) in [6, 6.07) is 82.8. The highest BCUT2D eigenvalue weighted by molar-refractivity contribution is 7.25. The number of fused-ring (bicyclic) bond motifs is 7. The highest BCUT2D eigenvalue weighted by Gasteiger charge is 2.35. The average molecular weight is 822 g/mol. The van der Waals surface area contributed by atoms with E-state index in [2.05, 4.69) is 243 Å². The van der Waals surface area contributed by atoms with Crippen molar-refractivity contribution >= 4 is 59.3 Å². The molecule has 0 aliphatic heterocycles. The molecule has 10 aromatic carbocycles. The van der Waals surface area contributed by atoms with E-state index in [1.54, 1.807) is 0 Å². The molecule has 0 spiro atoms. The molecule has 12 rings (SSSR count). The van der Waals surface area contributed by atoms with Crippen LogP contribution in [0.25, 0.3) is 86.6 Å². The monoisotopic (exact) mass is 821 g/mol. The van der Waals surface area contributed by atoms with Gasteiger partial charge < -0.3 is 4.90 Å². The number of thiophene rings is 1. The van der Waals surface area contributed by atoms with Crippen molar-refractivity contribution in [3.05, 3.63) is 236 Å². The van der Waals surface area contributed by atoms with Crippen LogP contribution in [0.1, 0.15) is 25.0 Å². The molecule has 0 N–H and O–H groups in total. The quantitative estimate of drug-likeness (QED) is 0.155. The first-order valence-corrected chi connectivity index (χ1v) is 22.6. The van der Waals surface area contributed by atoms with Gasteiger partial charge in [-0.3, -0.25) is 0 Å². The first kappa shape index (κ1) is 37.3. The second-order valence-corrected chi connectivity index (χ2v) is 18.4. The smallest absolute Gasteiger partial charge is 0.0462 e. The van der Waals surface area contributed by atoms with E-state index in [-0.39, 0.29) is 5.41 Å². The van der Waals surface area contributed by atoms with Gasteiger partial charge in [-0.2, -0.15) is 0 Å². The molecule has 11 aromatic rings. The van der Waals surface area contributed by atoms with Gasteiger partial charge in [0.25, 0.3) is 0 Å². The minimum absolute atomic E-state index is 0.0438. The lowest BCUT2D eigenvalue weighted by Crippen LogP contribution is -2.14. The normalized spacial score (nSPS) is 12.7. The van der Waals surface area contributed by atoms with E-state index >= 15 is 0 Å². The molecule has 1 heterocycles. The summed E-state index contributed by atoms with van der Waals surface area (Å²) in [6.45, 7) is 4.70. The van der Waals surface area contributed by atoms with Gasteiger partial charge in [0, 0.05) is 42.6 Å². The van der Waals surface area contributed by atoms with Crippen molar-refractivity contribution in [3.8, 4) is 55.6 Å². The van der Waals surface area contributed by atoms with Crippen LogP contribution in [0.5, 0.6) is 0 Å². The number of hydrogen-bond donors (Lipinski definition) is 0. The summed E-state index contributed by atoms with van der Waals surface area (Å²) in [6.07, 6.45) is 0. The van der Waals surface area contributed by atoms with Crippen LogP contribution in [-0.2, 0) is 5.41 Å². The second kappa shape index (κ2) is 14.8. The summed E-state index contributed by atoms with van der Waals surface area (Å²) in [5.74, 6) is 0. The minimum atomic E-state index is -0.0438. The Balaban J connectivity index is 0.902. The average Bonchev–Trinajstić information content (AvgIpc) is 3.83. The van der Waals surface area contributed by atoms with E-state index in [9.17, 15) is 0 Å². The first-order valence-electron chi connectivity index (χ1n) is 21.8. The number of nitrogens with zero attached hydrogens (tertiary/aromatic N) is 1. The van der Waals surface area contributed by atoms with Crippen LogP contribution in [0.15, 0.2) is 224 Å². The molecular formula is C61H43NS. The molecule has 298 valence electrons. The third kappa shape index (κ3) is 6.37. The van der Waals surface area contributed by atoms with Crippen molar-refractivity contribution in [1.29, 1.82) is 0 Å². The molecule has 0 unspecified atom stereocenters. The summed E-state index contributed by atoms with van der Waals surface area (Å²) in [5.41, 5.74) is 18.5. The van der Waals surface area contributed by atoms with Crippen LogP contribution in [0, 0.1) is 0 Å². The fourth-order valence-corrected chi connectivity index (χ4v) is 11.1. The van der Waals surface area contributed by atoms with Crippen molar-refractivity contribution < 1.29 is 0 Å². The second-order valence-electron chi connectivity index (χ2n) is 17.3. The molecule has 1 aliphatic carbocycles. The van der Waals surface area contributed by atoms with E-state index in [4.69, 9.17) is 0 Å². The van der Waals surface area contributed by atoms with Crippen LogP contribution in [0.2, 0.25) is 0 Å². The molecule has 63 heavy (non-hydrogen) atoms. The van der Waals surface area contributed by atoms with Gasteiger partial charge in [0.1, 0.15) is 0 Å². The van der Waals surface area contributed by atoms with Crippen LogP contribution in [0.4, 0.5) is 17.1 Å². The fourth-order valence-electron chi connectivity index (χ4n) is 9.99. The van der Waals surface area contributed by atoms with E-state index in [0.717, 1.165) is 17.1 Å². The minimum Gasteiger partial charge on any atom is -0.311 e. The highest BCUT2D eigenvalue weighted by Crippen LogP contribution is 2.50. The van der Waals surface area contributed by atoms with Gasteiger partial charge in [0.15, 0.2) is 0 Å². The van der Waals surface area contributed by atoms with Gasteiger partial charge in [-0.1, -0.05) is 178 Å². The van der Waals surface area contributed by atoms with Crippen molar-refractivity contribution in [2.75, 3.05) is 4.90 Å². The predicted molar refractivity (Wildman–Crippen MR) is 271 cm³/mol. The molecule has 0 atom stereocenters. The lowest BCUT2D eigenvalue weighted by Gasteiger charge is -2.26. The molecule has 1 nitrogen and oxygen atoms in total. The summed E-state index contributed by atoms with van der Waals surface area (Å²) in [5, 5.41) is 5.18. The van der Waals surface area contributed by atoms with Gasteiger partial charge in [-0.25, -0.2) is 0 Å². The van der Waals surface area contributed by atoms with Crippen LogP contribution >= 0.6 is 11.3 Å². The van der Waals surface area contributed by atoms with Crippen molar-refractivity contribution in [2.45, 2.75) is 19.3 Å². The number of rotatable bonds is 7.